The Labute approximate surface area is 108 Å². The molecule has 1 N–H and O–H groups in total. The second-order valence-corrected chi connectivity index (χ2v) is 6.55. The summed E-state index contributed by atoms with van der Waals surface area (Å²) in [6, 6.07) is 7.12. The van der Waals surface area contributed by atoms with E-state index in [-0.39, 0.29) is 5.75 Å². The van der Waals surface area contributed by atoms with Gasteiger partial charge in [-0.25, -0.2) is 8.42 Å². The standard InChI is InChI=1S/C12H18ClNO2S/c1-10(2)6-7-17(15,16)14-12-5-3-4-11(8-12)9-13/h3-5,8,10,14H,6-7,9H2,1-2H3. The lowest BCUT2D eigenvalue weighted by Gasteiger charge is -2.10. The van der Waals surface area contributed by atoms with Crippen LogP contribution in [0.2, 0.25) is 0 Å². The predicted molar refractivity (Wildman–Crippen MR) is 72.9 cm³/mol. The van der Waals surface area contributed by atoms with E-state index in [9.17, 15) is 8.42 Å². The average molecular weight is 276 g/mol. The van der Waals surface area contributed by atoms with Gasteiger partial charge in [-0.3, -0.25) is 4.72 Å². The lowest BCUT2D eigenvalue weighted by atomic mass is 10.2. The number of alkyl halides is 1. The Kier molecular flexibility index (Phi) is 5.28. The molecule has 0 aliphatic rings. The second kappa shape index (κ2) is 6.26. The molecule has 0 aliphatic carbocycles. The molecule has 3 nitrogen and oxygen atoms in total. The van der Waals surface area contributed by atoms with E-state index in [2.05, 4.69) is 4.72 Å². The Morgan fingerprint density at radius 1 is 1.35 bits per heavy atom. The molecule has 5 heteroatoms. The zero-order chi connectivity index (χ0) is 12.9. The van der Waals surface area contributed by atoms with Gasteiger partial charge in [0.1, 0.15) is 0 Å². The van der Waals surface area contributed by atoms with Crippen LogP contribution in [0.1, 0.15) is 25.8 Å². The third-order valence-electron chi connectivity index (χ3n) is 2.32. The highest BCUT2D eigenvalue weighted by atomic mass is 35.5. The van der Waals surface area contributed by atoms with Gasteiger partial charge in [0.05, 0.1) is 5.75 Å². The molecule has 0 amide bonds. The van der Waals surface area contributed by atoms with Crippen molar-refractivity contribution >= 4 is 27.3 Å². The molecule has 1 aromatic carbocycles. The quantitative estimate of drug-likeness (QED) is 0.811. The van der Waals surface area contributed by atoms with Crippen molar-refractivity contribution < 1.29 is 8.42 Å². The molecule has 0 heterocycles. The van der Waals surface area contributed by atoms with E-state index in [1.165, 1.54) is 0 Å². The van der Waals surface area contributed by atoms with E-state index in [1.807, 2.05) is 19.9 Å². The zero-order valence-corrected chi connectivity index (χ0v) is 11.7. The Balaban J connectivity index is 2.69. The maximum Gasteiger partial charge on any atom is 0.232 e. The molecule has 0 spiro atoms. The zero-order valence-electron chi connectivity index (χ0n) is 10.1. The third kappa shape index (κ3) is 5.41. The molecule has 17 heavy (non-hydrogen) atoms. The molecule has 0 aliphatic heterocycles. The third-order valence-corrected chi connectivity index (χ3v) is 3.95. The topological polar surface area (TPSA) is 46.2 Å². The molecule has 0 unspecified atom stereocenters. The van der Waals surface area contributed by atoms with Crippen molar-refractivity contribution in [2.75, 3.05) is 10.5 Å². The maximum atomic E-state index is 11.8. The first-order valence-electron chi connectivity index (χ1n) is 5.58. The number of benzene rings is 1. The summed E-state index contributed by atoms with van der Waals surface area (Å²) in [5.74, 6) is 0.901. The molecule has 0 fully saturated rings. The van der Waals surface area contributed by atoms with Gasteiger partial charge in [0.15, 0.2) is 0 Å². The van der Waals surface area contributed by atoms with Crippen molar-refractivity contribution in [3.63, 3.8) is 0 Å². The van der Waals surface area contributed by atoms with Crippen LogP contribution in [0.25, 0.3) is 0 Å². The summed E-state index contributed by atoms with van der Waals surface area (Å²) in [5.41, 5.74) is 1.47. The van der Waals surface area contributed by atoms with E-state index in [1.54, 1.807) is 18.2 Å². The van der Waals surface area contributed by atoms with Crippen LogP contribution in [0.5, 0.6) is 0 Å². The normalized spacial score (nSPS) is 11.8. The summed E-state index contributed by atoms with van der Waals surface area (Å²) in [6.45, 7) is 4.01. The van der Waals surface area contributed by atoms with Gasteiger partial charge in [0, 0.05) is 11.6 Å². The predicted octanol–water partition coefficient (Wildman–Crippen LogP) is 3.21. The number of hydrogen-bond acceptors (Lipinski definition) is 2. The fourth-order valence-corrected chi connectivity index (χ4v) is 2.88. The summed E-state index contributed by atoms with van der Waals surface area (Å²) in [7, 11) is -3.25. The van der Waals surface area contributed by atoms with Gasteiger partial charge in [-0.2, -0.15) is 0 Å². The number of anilines is 1. The molecule has 0 bridgehead atoms. The number of hydrogen-bond donors (Lipinski definition) is 1. The minimum Gasteiger partial charge on any atom is -0.284 e. The van der Waals surface area contributed by atoms with Gasteiger partial charge < -0.3 is 0 Å². The lowest BCUT2D eigenvalue weighted by Crippen LogP contribution is -2.17. The van der Waals surface area contributed by atoms with Gasteiger partial charge in [-0.05, 0) is 30.0 Å². The smallest absolute Gasteiger partial charge is 0.232 e. The highest BCUT2D eigenvalue weighted by Crippen LogP contribution is 2.15. The molecular formula is C12H18ClNO2S. The largest absolute Gasteiger partial charge is 0.284 e. The highest BCUT2D eigenvalue weighted by molar-refractivity contribution is 7.92. The monoisotopic (exact) mass is 275 g/mol. The Morgan fingerprint density at radius 2 is 2.06 bits per heavy atom. The number of nitrogens with one attached hydrogen (secondary N) is 1. The van der Waals surface area contributed by atoms with Crippen LogP contribution < -0.4 is 4.72 Å². The molecule has 0 saturated carbocycles. The Morgan fingerprint density at radius 3 is 2.65 bits per heavy atom. The molecule has 0 radical (unpaired) electrons. The summed E-state index contributed by atoms with van der Waals surface area (Å²) < 4.78 is 26.1. The van der Waals surface area contributed by atoms with E-state index in [0.717, 1.165) is 5.56 Å². The van der Waals surface area contributed by atoms with E-state index >= 15 is 0 Å². The first-order valence-corrected chi connectivity index (χ1v) is 7.77. The summed E-state index contributed by atoms with van der Waals surface area (Å²) in [4.78, 5) is 0. The van der Waals surface area contributed by atoms with Gasteiger partial charge >= 0.3 is 0 Å². The maximum absolute atomic E-state index is 11.8. The first kappa shape index (κ1) is 14.3. The van der Waals surface area contributed by atoms with Gasteiger partial charge in [-0.15, -0.1) is 11.6 Å². The van der Waals surface area contributed by atoms with Gasteiger partial charge in [-0.1, -0.05) is 26.0 Å². The van der Waals surface area contributed by atoms with Gasteiger partial charge in [0.25, 0.3) is 0 Å². The van der Waals surface area contributed by atoms with Crippen molar-refractivity contribution in [2.45, 2.75) is 26.1 Å². The lowest BCUT2D eigenvalue weighted by molar-refractivity contribution is 0.578. The van der Waals surface area contributed by atoms with Crippen LogP contribution in [-0.2, 0) is 15.9 Å². The molecule has 0 saturated heterocycles. The molecule has 0 aromatic heterocycles. The highest BCUT2D eigenvalue weighted by Gasteiger charge is 2.11. The summed E-state index contributed by atoms with van der Waals surface area (Å²) in [5, 5.41) is 0. The average Bonchev–Trinajstić information content (AvgIpc) is 2.26. The summed E-state index contributed by atoms with van der Waals surface area (Å²) >= 11 is 5.70. The first-order chi connectivity index (χ1) is 7.93. The fourth-order valence-electron chi connectivity index (χ4n) is 1.34. The van der Waals surface area contributed by atoms with Crippen molar-refractivity contribution in [1.29, 1.82) is 0 Å². The van der Waals surface area contributed by atoms with Crippen molar-refractivity contribution in [2.24, 2.45) is 5.92 Å². The van der Waals surface area contributed by atoms with Crippen LogP contribution in [-0.4, -0.2) is 14.2 Å². The number of halogens is 1. The molecular weight excluding hydrogens is 258 g/mol. The summed E-state index contributed by atoms with van der Waals surface area (Å²) in [6.07, 6.45) is 0.657. The molecule has 1 rings (SSSR count). The van der Waals surface area contributed by atoms with Crippen LogP contribution in [0.15, 0.2) is 24.3 Å². The fraction of sp³-hybridized carbons (Fsp3) is 0.500. The minimum atomic E-state index is -3.25. The number of sulfonamides is 1. The van der Waals surface area contributed by atoms with Crippen molar-refractivity contribution in [3.05, 3.63) is 29.8 Å². The van der Waals surface area contributed by atoms with Crippen LogP contribution in [0, 0.1) is 5.92 Å². The van der Waals surface area contributed by atoms with Crippen LogP contribution >= 0.6 is 11.6 Å². The van der Waals surface area contributed by atoms with Gasteiger partial charge in [0.2, 0.25) is 10.0 Å². The molecule has 96 valence electrons. The van der Waals surface area contributed by atoms with Crippen LogP contribution in [0.3, 0.4) is 0 Å². The Hall–Kier alpha value is -0.740. The van der Waals surface area contributed by atoms with E-state index in [0.29, 0.717) is 23.9 Å². The Bertz CT molecular complexity index is 457. The minimum absolute atomic E-state index is 0.149. The second-order valence-electron chi connectivity index (χ2n) is 4.44. The van der Waals surface area contributed by atoms with Crippen LogP contribution in [0.4, 0.5) is 5.69 Å². The SMILES string of the molecule is CC(C)CCS(=O)(=O)Nc1cccc(CCl)c1. The van der Waals surface area contributed by atoms with E-state index < -0.39 is 10.0 Å². The number of rotatable bonds is 6. The van der Waals surface area contributed by atoms with E-state index in [4.69, 9.17) is 11.6 Å². The molecule has 1 aromatic rings. The molecule has 0 atom stereocenters. The van der Waals surface area contributed by atoms with Crippen molar-refractivity contribution in [3.8, 4) is 0 Å². The van der Waals surface area contributed by atoms with Crippen molar-refractivity contribution in [1.82, 2.24) is 0 Å².